The van der Waals surface area contributed by atoms with E-state index in [1.165, 1.54) is 19.3 Å². The van der Waals surface area contributed by atoms with Crippen molar-refractivity contribution in [2.75, 3.05) is 47.0 Å². The number of likely N-dealkylation sites (tertiary alicyclic amines) is 1. The Balaban J connectivity index is 1.49. The first-order valence-corrected chi connectivity index (χ1v) is 10.7. The van der Waals surface area contributed by atoms with Crippen molar-refractivity contribution >= 4 is 5.96 Å². The van der Waals surface area contributed by atoms with Crippen LogP contribution in [0.5, 0.6) is 5.75 Å². The molecule has 0 radical (unpaired) electrons. The normalized spacial score (nSPS) is 16.3. The highest BCUT2D eigenvalue weighted by Crippen LogP contribution is 2.24. The number of hydrogen-bond donors (Lipinski definition) is 2. The number of hydrogen-bond acceptors (Lipinski definition) is 5. The third-order valence-electron chi connectivity index (χ3n) is 5.33. The molecule has 1 aromatic heterocycles. The number of benzene rings is 1. The molecule has 2 aromatic rings. The molecule has 30 heavy (non-hydrogen) atoms. The molecule has 1 saturated heterocycles. The van der Waals surface area contributed by atoms with Crippen molar-refractivity contribution < 1.29 is 13.9 Å². The van der Waals surface area contributed by atoms with Gasteiger partial charge in [0.15, 0.2) is 5.96 Å². The standard InChI is InChI=1S/C23H34N4O3/c1-24-23(25-17-19-8-10-20(11-9-19)29-16-15-28-2)26-18-21(22-7-6-14-30-22)27-12-4-3-5-13-27/h6-11,14,21H,3-5,12-13,15-18H2,1-2H3,(H2,24,25,26). The van der Waals surface area contributed by atoms with Gasteiger partial charge in [-0.3, -0.25) is 9.89 Å². The van der Waals surface area contributed by atoms with Gasteiger partial charge in [0, 0.05) is 27.2 Å². The molecule has 164 valence electrons. The van der Waals surface area contributed by atoms with Crippen LogP contribution in [0.25, 0.3) is 0 Å². The maximum atomic E-state index is 5.73. The highest BCUT2D eigenvalue weighted by Gasteiger charge is 2.24. The van der Waals surface area contributed by atoms with Crippen molar-refractivity contribution in [1.29, 1.82) is 0 Å². The molecule has 2 N–H and O–H groups in total. The van der Waals surface area contributed by atoms with Crippen molar-refractivity contribution in [3.05, 3.63) is 54.0 Å². The molecular formula is C23H34N4O3. The van der Waals surface area contributed by atoms with E-state index in [0.29, 0.717) is 19.8 Å². The zero-order valence-electron chi connectivity index (χ0n) is 18.1. The number of methoxy groups -OCH3 is 1. The summed E-state index contributed by atoms with van der Waals surface area (Å²) in [5.41, 5.74) is 1.16. The molecule has 3 rings (SSSR count). The molecule has 2 heterocycles. The fourth-order valence-corrected chi connectivity index (χ4v) is 3.67. The Morgan fingerprint density at radius 3 is 2.57 bits per heavy atom. The lowest BCUT2D eigenvalue weighted by Crippen LogP contribution is -2.44. The van der Waals surface area contributed by atoms with E-state index in [9.17, 15) is 0 Å². The molecular weight excluding hydrogens is 380 g/mol. The van der Waals surface area contributed by atoms with Crippen LogP contribution in [0, 0.1) is 0 Å². The van der Waals surface area contributed by atoms with Crippen LogP contribution in [-0.4, -0.2) is 57.9 Å². The van der Waals surface area contributed by atoms with Gasteiger partial charge in [-0.05, 0) is 55.8 Å². The minimum atomic E-state index is 0.211. The number of nitrogens with zero attached hydrogens (tertiary/aromatic N) is 2. The van der Waals surface area contributed by atoms with Crippen LogP contribution in [0.2, 0.25) is 0 Å². The zero-order valence-corrected chi connectivity index (χ0v) is 18.1. The van der Waals surface area contributed by atoms with Gasteiger partial charge in [0.05, 0.1) is 18.9 Å². The Hall–Kier alpha value is -2.51. The number of aliphatic imine (C=N–C) groups is 1. The molecule has 7 heteroatoms. The van der Waals surface area contributed by atoms with Gasteiger partial charge >= 0.3 is 0 Å². The van der Waals surface area contributed by atoms with E-state index >= 15 is 0 Å². The lowest BCUT2D eigenvalue weighted by molar-refractivity contribution is 0.146. The first-order valence-electron chi connectivity index (χ1n) is 10.7. The number of ether oxygens (including phenoxy) is 2. The Morgan fingerprint density at radius 1 is 1.10 bits per heavy atom. The summed E-state index contributed by atoms with van der Waals surface area (Å²) in [7, 11) is 3.47. The lowest BCUT2D eigenvalue weighted by atomic mass is 10.1. The maximum Gasteiger partial charge on any atom is 0.191 e. The second kappa shape index (κ2) is 12.2. The average Bonchev–Trinajstić information content (AvgIpc) is 3.32. The highest BCUT2D eigenvalue weighted by molar-refractivity contribution is 5.79. The van der Waals surface area contributed by atoms with Gasteiger partial charge in [-0.1, -0.05) is 18.6 Å². The molecule has 7 nitrogen and oxygen atoms in total. The summed E-state index contributed by atoms with van der Waals surface area (Å²) in [6.07, 6.45) is 5.56. The van der Waals surface area contributed by atoms with Crippen LogP contribution in [0.4, 0.5) is 0 Å². The third kappa shape index (κ3) is 6.78. The summed E-state index contributed by atoms with van der Waals surface area (Å²) < 4.78 is 16.3. The number of nitrogens with one attached hydrogen (secondary N) is 2. The van der Waals surface area contributed by atoms with E-state index < -0.39 is 0 Å². The SMILES string of the molecule is CN=C(NCc1ccc(OCCOC)cc1)NCC(c1ccco1)N1CCCCC1. The van der Waals surface area contributed by atoms with Gasteiger partial charge < -0.3 is 24.5 Å². The Morgan fingerprint density at radius 2 is 1.90 bits per heavy atom. The number of rotatable bonds is 10. The van der Waals surface area contributed by atoms with Gasteiger partial charge in [-0.25, -0.2) is 0 Å². The van der Waals surface area contributed by atoms with Crippen LogP contribution in [0.15, 0.2) is 52.1 Å². The molecule has 1 atom stereocenters. The lowest BCUT2D eigenvalue weighted by Gasteiger charge is -2.33. The predicted octanol–water partition coefficient (Wildman–Crippen LogP) is 3.20. The van der Waals surface area contributed by atoms with Crippen molar-refractivity contribution in [3.8, 4) is 5.75 Å². The largest absolute Gasteiger partial charge is 0.491 e. The topological polar surface area (TPSA) is 71.3 Å². The number of piperidine rings is 1. The Labute approximate surface area is 179 Å². The van der Waals surface area contributed by atoms with Crippen molar-refractivity contribution in [2.45, 2.75) is 31.8 Å². The predicted molar refractivity (Wildman–Crippen MR) is 119 cm³/mol. The van der Waals surface area contributed by atoms with Crippen molar-refractivity contribution in [1.82, 2.24) is 15.5 Å². The molecule has 0 spiro atoms. The molecule has 1 aliphatic heterocycles. The molecule has 1 fully saturated rings. The van der Waals surface area contributed by atoms with E-state index in [0.717, 1.165) is 42.7 Å². The maximum absolute atomic E-state index is 5.73. The molecule has 0 saturated carbocycles. The average molecular weight is 415 g/mol. The van der Waals surface area contributed by atoms with Crippen LogP contribution < -0.4 is 15.4 Å². The quantitative estimate of drug-likeness (QED) is 0.353. The second-order valence-corrected chi connectivity index (χ2v) is 7.42. The van der Waals surface area contributed by atoms with E-state index in [4.69, 9.17) is 13.9 Å². The van der Waals surface area contributed by atoms with Gasteiger partial charge in [0.25, 0.3) is 0 Å². The van der Waals surface area contributed by atoms with Crippen LogP contribution in [-0.2, 0) is 11.3 Å². The van der Waals surface area contributed by atoms with Crippen LogP contribution in [0.3, 0.4) is 0 Å². The van der Waals surface area contributed by atoms with Gasteiger partial charge in [0.1, 0.15) is 18.1 Å². The summed E-state index contributed by atoms with van der Waals surface area (Å²) >= 11 is 0. The molecule has 1 unspecified atom stereocenters. The fourth-order valence-electron chi connectivity index (χ4n) is 3.67. The highest BCUT2D eigenvalue weighted by atomic mass is 16.5. The minimum Gasteiger partial charge on any atom is -0.491 e. The third-order valence-corrected chi connectivity index (χ3v) is 5.33. The Bertz CT molecular complexity index is 740. The van der Waals surface area contributed by atoms with Gasteiger partial charge in [0.2, 0.25) is 0 Å². The molecule has 0 bridgehead atoms. The molecule has 0 aliphatic carbocycles. The summed E-state index contributed by atoms with van der Waals surface area (Å²) in [5.74, 6) is 2.63. The van der Waals surface area contributed by atoms with E-state index in [2.05, 4.69) is 38.7 Å². The van der Waals surface area contributed by atoms with Gasteiger partial charge in [-0.2, -0.15) is 0 Å². The summed E-state index contributed by atoms with van der Waals surface area (Å²) in [4.78, 5) is 6.88. The first kappa shape index (κ1) is 22.2. The van der Waals surface area contributed by atoms with Crippen LogP contribution in [0.1, 0.15) is 36.6 Å². The number of furan rings is 1. The molecule has 1 aliphatic rings. The van der Waals surface area contributed by atoms with E-state index in [-0.39, 0.29) is 6.04 Å². The molecule has 0 amide bonds. The smallest absolute Gasteiger partial charge is 0.191 e. The molecule has 1 aromatic carbocycles. The Kier molecular flexibility index (Phi) is 9.05. The van der Waals surface area contributed by atoms with Crippen molar-refractivity contribution in [3.63, 3.8) is 0 Å². The van der Waals surface area contributed by atoms with Gasteiger partial charge in [-0.15, -0.1) is 0 Å². The minimum absolute atomic E-state index is 0.211. The van der Waals surface area contributed by atoms with E-state index in [1.807, 2.05) is 18.2 Å². The van der Waals surface area contributed by atoms with Crippen molar-refractivity contribution in [2.24, 2.45) is 4.99 Å². The first-order chi connectivity index (χ1) is 14.8. The fraction of sp³-hybridized carbons (Fsp3) is 0.522. The second-order valence-electron chi connectivity index (χ2n) is 7.42. The number of guanidine groups is 1. The summed E-state index contributed by atoms with van der Waals surface area (Å²) in [5, 5.41) is 6.86. The monoisotopic (exact) mass is 414 g/mol. The zero-order chi connectivity index (χ0) is 21.0. The van der Waals surface area contributed by atoms with Crippen LogP contribution >= 0.6 is 0 Å². The summed E-state index contributed by atoms with van der Waals surface area (Å²) in [6, 6.07) is 12.3. The summed E-state index contributed by atoms with van der Waals surface area (Å²) in [6.45, 7) is 4.79. The van der Waals surface area contributed by atoms with E-state index in [1.54, 1.807) is 20.4 Å².